The number of nitrogens with zero attached hydrogens (tertiary/aromatic N) is 1. The van der Waals surface area contributed by atoms with Gasteiger partial charge in [0.15, 0.2) is 23.0 Å². The number of aryl methyl sites for hydroxylation is 1. The van der Waals surface area contributed by atoms with Gasteiger partial charge in [-0.05, 0) is 47.0 Å². The third-order valence-corrected chi connectivity index (χ3v) is 6.36. The topological polar surface area (TPSA) is 49.8 Å². The summed E-state index contributed by atoms with van der Waals surface area (Å²) in [7, 11) is 1.68. The molecule has 5 aromatic rings. The van der Waals surface area contributed by atoms with Crippen molar-refractivity contribution in [2.45, 2.75) is 26.4 Å². The lowest BCUT2D eigenvalue weighted by Gasteiger charge is -2.18. The number of methoxy groups -OCH3 is 1. The van der Waals surface area contributed by atoms with Crippen LogP contribution >= 0.6 is 0 Å². The monoisotopic (exact) mass is 451 g/mol. The van der Waals surface area contributed by atoms with Crippen LogP contribution in [0.25, 0.3) is 32.4 Å². The van der Waals surface area contributed by atoms with Gasteiger partial charge in [0.1, 0.15) is 6.61 Å². The Bertz CT molecular complexity index is 1530. The van der Waals surface area contributed by atoms with E-state index in [9.17, 15) is 0 Å². The van der Waals surface area contributed by atoms with E-state index in [0.29, 0.717) is 12.4 Å². The summed E-state index contributed by atoms with van der Waals surface area (Å²) >= 11 is 0. The Morgan fingerprint density at radius 3 is 2.47 bits per heavy atom. The molecule has 0 amide bonds. The molecule has 6 rings (SSSR count). The minimum Gasteiger partial charge on any atom is -0.493 e. The Labute approximate surface area is 197 Å². The maximum atomic E-state index is 6.41. The van der Waals surface area contributed by atoms with E-state index in [-0.39, 0.29) is 6.79 Å². The molecule has 0 aliphatic carbocycles. The fraction of sp³-hybridized carbons (Fsp3) is 0.207. The van der Waals surface area contributed by atoms with Gasteiger partial charge in [-0.3, -0.25) is 4.98 Å². The van der Waals surface area contributed by atoms with Gasteiger partial charge in [-0.15, -0.1) is 0 Å². The maximum absolute atomic E-state index is 6.41. The molecule has 4 aromatic carbocycles. The highest BCUT2D eigenvalue weighted by Crippen LogP contribution is 2.44. The van der Waals surface area contributed by atoms with Crippen molar-refractivity contribution in [1.29, 1.82) is 0 Å². The van der Waals surface area contributed by atoms with Crippen molar-refractivity contribution in [2.75, 3.05) is 13.9 Å². The first kappa shape index (κ1) is 20.6. The molecule has 1 aliphatic rings. The van der Waals surface area contributed by atoms with E-state index in [4.69, 9.17) is 23.9 Å². The second-order valence-corrected chi connectivity index (χ2v) is 8.49. The van der Waals surface area contributed by atoms with Gasteiger partial charge >= 0.3 is 0 Å². The smallest absolute Gasteiger partial charge is 0.231 e. The summed E-state index contributed by atoms with van der Waals surface area (Å²) in [6, 6.07) is 22.6. The Morgan fingerprint density at radius 1 is 0.882 bits per heavy atom. The zero-order valence-corrected chi connectivity index (χ0v) is 19.3. The van der Waals surface area contributed by atoms with E-state index in [1.165, 1.54) is 0 Å². The summed E-state index contributed by atoms with van der Waals surface area (Å²) in [5.74, 6) is 3.00. The molecule has 5 heteroatoms. The van der Waals surface area contributed by atoms with E-state index < -0.39 is 0 Å². The first-order valence-corrected chi connectivity index (χ1v) is 11.6. The van der Waals surface area contributed by atoms with Gasteiger partial charge in [-0.1, -0.05) is 55.8 Å². The molecule has 0 unspecified atom stereocenters. The summed E-state index contributed by atoms with van der Waals surface area (Å²) in [4.78, 5) is 5.21. The van der Waals surface area contributed by atoms with Gasteiger partial charge in [0.05, 0.1) is 18.3 Å². The maximum Gasteiger partial charge on any atom is 0.231 e. The van der Waals surface area contributed by atoms with Crippen LogP contribution in [0.5, 0.6) is 23.0 Å². The fourth-order valence-corrected chi connectivity index (χ4v) is 4.75. The van der Waals surface area contributed by atoms with E-state index in [2.05, 4.69) is 37.3 Å². The summed E-state index contributed by atoms with van der Waals surface area (Å²) in [6.07, 6.45) is 1.81. The standard InChI is InChI=1S/C29H25NO4/c1-3-7-23-27-20(12-13-24(31-2)29(27)32-16-18-8-5-4-6-9-18)21-11-10-19-14-25-26(34-17-33-25)15-22(19)28(21)30-23/h4-6,8-15H,3,7,16-17H2,1-2H3. The minimum atomic E-state index is 0.253. The van der Waals surface area contributed by atoms with Crippen LogP contribution in [0.15, 0.2) is 66.7 Å². The molecule has 0 N–H and O–H groups in total. The predicted molar refractivity (Wildman–Crippen MR) is 134 cm³/mol. The number of pyridine rings is 1. The molecule has 2 heterocycles. The van der Waals surface area contributed by atoms with Gasteiger partial charge in [0.25, 0.3) is 0 Å². The van der Waals surface area contributed by atoms with E-state index in [1.807, 2.05) is 36.4 Å². The molecule has 0 fully saturated rings. The van der Waals surface area contributed by atoms with Crippen LogP contribution in [0.3, 0.4) is 0 Å². The summed E-state index contributed by atoms with van der Waals surface area (Å²) in [5.41, 5.74) is 3.08. The molecule has 0 bridgehead atoms. The van der Waals surface area contributed by atoms with Gasteiger partial charge in [0, 0.05) is 16.2 Å². The molecule has 5 nitrogen and oxygen atoms in total. The van der Waals surface area contributed by atoms with Crippen molar-refractivity contribution < 1.29 is 18.9 Å². The molecule has 0 atom stereocenters. The lowest BCUT2D eigenvalue weighted by Crippen LogP contribution is -2.02. The van der Waals surface area contributed by atoms with Crippen LogP contribution in [0.2, 0.25) is 0 Å². The molecule has 34 heavy (non-hydrogen) atoms. The average molecular weight is 452 g/mol. The molecule has 0 saturated heterocycles. The minimum absolute atomic E-state index is 0.253. The van der Waals surface area contributed by atoms with Gasteiger partial charge < -0.3 is 18.9 Å². The van der Waals surface area contributed by atoms with Crippen molar-refractivity contribution in [3.63, 3.8) is 0 Å². The fourth-order valence-electron chi connectivity index (χ4n) is 4.75. The number of hydrogen-bond acceptors (Lipinski definition) is 5. The van der Waals surface area contributed by atoms with Crippen LogP contribution < -0.4 is 18.9 Å². The van der Waals surface area contributed by atoms with Crippen molar-refractivity contribution >= 4 is 32.4 Å². The highest BCUT2D eigenvalue weighted by Gasteiger charge is 2.20. The Kier molecular flexibility index (Phi) is 5.10. The Balaban J connectivity index is 1.61. The van der Waals surface area contributed by atoms with Gasteiger partial charge in [-0.2, -0.15) is 0 Å². The van der Waals surface area contributed by atoms with Crippen molar-refractivity contribution in [3.8, 4) is 23.0 Å². The van der Waals surface area contributed by atoms with Gasteiger partial charge in [-0.25, -0.2) is 0 Å². The van der Waals surface area contributed by atoms with Crippen LogP contribution in [-0.4, -0.2) is 18.9 Å². The van der Waals surface area contributed by atoms with E-state index >= 15 is 0 Å². The highest BCUT2D eigenvalue weighted by molar-refractivity contribution is 6.17. The van der Waals surface area contributed by atoms with Crippen molar-refractivity contribution in [2.24, 2.45) is 0 Å². The Morgan fingerprint density at radius 2 is 1.68 bits per heavy atom. The van der Waals surface area contributed by atoms with Gasteiger partial charge in [0.2, 0.25) is 6.79 Å². The normalized spacial score (nSPS) is 12.5. The quantitative estimate of drug-likeness (QED) is 0.265. The number of fused-ring (bicyclic) bond motifs is 6. The van der Waals surface area contributed by atoms with Crippen LogP contribution in [-0.2, 0) is 13.0 Å². The number of benzene rings is 4. The van der Waals surface area contributed by atoms with Crippen molar-refractivity contribution in [3.05, 3.63) is 78.0 Å². The lowest BCUT2D eigenvalue weighted by atomic mass is 9.97. The molecular weight excluding hydrogens is 426 g/mol. The molecule has 0 spiro atoms. The zero-order valence-electron chi connectivity index (χ0n) is 19.3. The SMILES string of the molecule is CCCc1nc2c3cc4c(cc3ccc2c2ccc(OC)c(OCc3ccccc3)c12)OCO4. The second kappa shape index (κ2) is 8.41. The zero-order chi connectivity index (χ0) is 23.1. The summed E-state index contributed by atoms with van der Waals surface area (Å²) in [5, 5.41) is 5.35. The second-order valence-electron chi connectivity index (χ2n) is 8.49. The lowest BCUT2D eigenvalue weighted by molar-refractivity contribution is 0.174. The number of rotatable bonds is 6. The molecule has 1 aliphatic heterocycles. The third kappa shape index (κ3) is 3.36. The largest absolute Gasteiger partial charge is 0.493 e. The molecule has 1 aromatic heterocycles. The number of ether oxygens (including phenoxy) is 4. The van der Waals surface area contributed by atoms with Crippen LogP contribution in [0.4, 0.5) is 0 Å². The molecule has 170 valence electrons. The summed E-state index contributed by atoms with van der Waals surface area (Å²) < 4.78 is 23.4. The van der Waals surface area contributed by atoms with E-state index in [1.54, 1.807) is 7.11 Å². The number of hydrogen-bond donors (Lipinski definition) is 0. The first-order chi connectivity index (χ1) is 16.8. The van der Waals surface area contributed by atoms with Crippen molar-refractivity contribution in [1.82, 2.24) is 4.98 Å². The summed E-state index contributed by atoms with van der Waals surface area (Å²) in [6.45, 7) is 2.88. The first-order valence-electron chi connectivity index (χ1n) is 11.6. The predicted octanol–water partition coefficient (Wildman–Crippen LogP) is 6.81. The average Bonchev–Trinajstić information content (AvgIpc) is 3.34. The third-order valence-electron chi connectivity index (χ3n) is 6.36. The van der Waals surface area contributed by atoms with Crippen LogP contribution in [0.1, 0.15) is 24.6 Å². The number of aromatic nitrogens is 1. The van der Waals surface area contributed by atoms with Crippen LogP contribution in [0, 0.1) is 0 Å². The highest BCUT2D eigenvalue weighted by atomic mass is 16.7. The molecular formula is C29H25NO4. The van der Waals surface area contributed by atoms with E-state index in [0.717, 1.165) is 73.8 Å². The molecule has 0 saturated carbocycles. The molecule has 0 radical (unpaired) electrons. The Hall–Kier alpha value is -3.99.